The number of rotatable bonds is 8. The van der Waals surface area contributed by atoms with Gasteiger partial charge in [-0.05, 0) is 191 Å². The van der Waals surface area contributed by atoms with Crippen LogP contribution in [0.25, 0.3) is 187 Å². The molecule has 0 atom stereocenters. The number of para-hydroxylation sites is 1. The third-order valence-electron chi connectivity index (χ3n) is 20.3. The SMILES string of the molecule is [2H]C.[2H]C.[2H]C.[2H][2H].[2H][2H].[2H][2H].[2H][2H].[2H][2H].[2H][2H].[2H][2H].[2H]c1c(-c2ccc(-c3c4ccccc4c(-c4ccccc4)c4c([2H])cccc34)cc2)c([2H])c2oc3cc(-c4ccccc4)ccc3c2c1[2H].[2H]c1ccc2c(-c3ccc(-c4ccc(-c5ccc6c(c5)-c5ccccc5C6(C)C)c5oc6ccccc6c45)cc3)c3c([2H])c([2H])ccc3c(-c3ccccc3)c2c1[2H]. The first-order valence-corrected chi connectivity index (χ1v) is 33.6. The van der Waals surface area contributed by atoms with Gasteiger partial charge in [-0.2, -0.15) is 0 Å². The van der Waals surface area contributed by atoms with Gasteiger partial charge in [-0.1, -0.05) is 345 Å². The van der Waals surface area contributed by atoms with Crippen LogP contribution in [0.15, 0.2) is 360 Å². The minimum atomic E-state index is -0.0720. The molecule has 0 aliphatic heterocycles. The summed E-state index contributed by atoms with van der Waals surface area (Å²) < 4.78 is 172. The Morgan fingerprint density at radius 2 is 0.725 bits per heavy atom. The second-order valence-electron chi connectivity index (χ2n) is 26.2. The molecule has 2 heterocycles. The maximum atomic E-state index is 9.24. The summed E-state index contributed by atoms with van der Waals surface area (Å²) in [6.07, 6.45) is 0. The Hall–Kier alpha value is -12.6. The fourth-order valence-corrected chi connectivity index (χ4v) is 15.7. The number of hydrogen-bond acceptors (Lipinski definition) is 2. The quantitative estimate of drug-likeness (QED) is 0.142. The van der Waals surface area contributed by atoms with Crippen molar-refractivity contribution in [2.45, 2.75) is 41.5 Å². The Kier molecular flexibility index (Phi) is 11.8. The molecular formula is C100H90O2. The van der Waals surface area contributed by atoms with E-state index in [0.717, 1.165) is 138 Å². The Labute approximate surface area is 633 Å². The lowest BCUT2D eigenvalue weighted by Gasteiger charge is -2.21. The molecule has 0 amide bonds. The van der Waals surface area contributed by atoms with Crippen molar-refractivity contribution in [2.24, 2.45) is 0 Å². The molecule has 0 N–H and O–H groups in total. The van der Waals surface area contributed by atoms with E-state index < -0.39 is 0 Å². The van der Waals surface area contributed by atoms with Gasteiger partial charge in [-0.25, -0.2) is 0 Å². The van der Waals surface area contributed by atoms with Crippen LogP contribution in [0.4, 0.5) is 0 Å². The van der Waals surface area contributed by atoms with Crippen molar-refractivity contribution in [1.82, 2.24) is 0 Å². The van der Waals surface area contributed by atoms with Crippen molar-refractivity contribution in [1.29, 1.82) is 0 Å². The number of furan rings is 2. The van der Waals surface area contributed by atoms with Crippen molar-refractivity contribution in [3.05, 3.63) is 363 Å². The van der Waals surface area contributed by atoms with Crippen LogP contribution in [0, 0.1) is 0 Å². The topological polar surface area (TPSA) is 26.3 Å². The second-order valence-corrected chi connectivity index (χ2v) is 26.2. The normalized spacial score (nSPS) is 13.9. The standard InChI is InChI=1S/C53H36O.C44H28O.3CH4.7H2/c1-53(2)46-22-12-10-16-39(46)45-32-36(28-31-47(45)53)38-30-29-37(51-44-21-11-13-23-48(44)54-52(38)51)33-24-26-35(27-25-33)50-42-19-8-6-17-40(42)49(34-14-4-3-5-15-34)41-18-7-9-20-43(41)50;1-3-11-29(12-4-1)33-23-25-35-36-26-24-34(28-42(36)45-41(35)27-33)30-19-21-32(22-20-30)44-39-17-9-7-15-37(39)43(31-13-5-2-6-14-31)38-16-8-10-18-40(38)44;;;;;;;;;;/h3-32H,1-2H3;1-28H;3*1H4;7*1H/i6D,9D,17D,20D;15D,24D,26D,28D;3*1D;7*1+1D. The molecule has 20 rings (SSSR count). The van der Waals surface area contributed by atoms with E-state index in [4.69, 9.17) is 42.0 Å². The maximum Gasteiger partial charge on any atom is 0.143 e. The molecule has 102 heavy (non-hydrogen) atoms. The summed E-state index contributed by atoms with van der Waals surface area (Å²) >= 11 is 0. The van der Waals surface area contributed by atoms with Gasteiger partial charge in [0, 0.05) is 57.4 Å². The van der Waals surface area contributed by atoms with E-state index in [9.17, 15) is 2.74 Å². The smallest absolute Gasteiger partial charge is 0.143 e. The van der Waals surface area contributed by atoms with Gasteiger partial charge in [-0.3, -0.25) is 0 Å². The number of hydrogen-bond donors (Lipinski definition) is 0. The van der Waals surface area contributed by atoms with Crippen LogP contribution >= 0.6 is 0 Å². The predicted octanol–water partition coefficient (Wildman–Crippen LogP) is 31.1. The summed E-state index contributed by atoms with van der Waals surface area (Å²) in [5.74, 6) is 0. The Morgan fingerprint density at radius 1 is 0.275 bits per heavy atom. The maximum absolute atomic E-state index is 9.24. The van der Waals surface area contributed by atoms with Gasteiger partial charge in [0.2, 0.25) is 0 Å². The highest BCUT2D eigenvalue weighted by Crippen LogP contribution is 2.52. The van der Waals surface area contributed by atoms with Crippen LogP contribution in [0.3, 0.4) is 0 Å². The molecule has 0 saturated carbocycles. The molecular weight excluding hydrogens is 1230 g/mol. The van der Waals surface area contributed by atoms with Gasteiger partial charge in [0.1, 0.15) is 22.3 Å². The number of fused-ring (bicyclic) bond motifs is 13. The molecule has 0 saturated heterocycles. The molecule has 2 nitrogen and oxygen atoms in total. The molecule has 502 valence electrons. The van der Waals surface area contributed by atoms with Crippen LogP contribution in [0.5, 0.6) is 0 Å². The summed E-state index contributed by atoms with van der Waals surface area (Å²) in [6.45, 7) is 4.61. The average molecular weight is 1350 g/mol. The molecule has 0 fully saturated rings. The highest BCUT2D eigenvalue weighted by molar-refractivity contribution is 6.23. The van der Waals surface area contributed by atoms with E-state index in [-0.39, 0.29) is 47.7 Å². The zero-order valence-corrected chi connectivity index (χ0v) is 57.2. The predicted molar refractivity (Wildman–Crippen MR) is 454 cm³/mol. The van der Waals surface area contributed by atoms with Crippen molar-refractivity contribution >= 4 is 87.0 Å². The zero-order valence-electron chi connectivity index (χ0n) is 82.2. The highest BCUT2D eigenvalue weighted by atomic mass is 16.3. The minimum absolute atomic E-state index is 0.00190. The van der Waals surface area contributed by atoms with Crippen LogP contribution in [-0.4, -0.2) is 0 Å². The molecule has 0 spiro atoms. The summed E-state index contributed by atoms with van der Waals surface area (Å²) in [6, 6.07) is 103. The van der Waals surface area contributed by atoms with Gasteiger partial charge in [0.05, 0.1) is 11.0 Å². The fourth-order valence-electron chi connectivity index (χ4n) is 15.7. The van der Waals surface area contributed by atoms with Crippen molar-refractivity contribution in [2.75, 3.05) is 0 Å². The summed E-state index contributed by atoms with van der Waals surface area (Å²) in [4.78, 5) is 0. The molecule has 0 radical (unpaired) electrons. The lowest BCUT2D eigenvalue weighted by atomic mass is 9.82. The summed E-state index contributed by atoms with van der Waals surface area (Å²) in [7, 11) is 3.75. The van der Waals surface area contributed by atoms with E-state index in [1.807, 2.05) is 170 Å². The molecule has 0 unspecified atom stereocenters. The zero-order chi connectivity index (χ0) is 92.7. The van der Waals surface area contributed by atoms with Crippen LogP contribution in [-0.2, 0) is 5.41 Å². The third-order valence-corrected chi connectivity index (χ3v) is 20.3. The van der Waals surface area contributed by atoms with Crippen molar-refractivity contribution < 1.29 is 44.7 Å². The van der Waals surface area contributed by atoms with E-state index in [1.54, 1.807) is 12.1 Å². The lowest BCUT2D eigenvalue weighted by molar-refractivity contribution is 0.660. The number of benzene rings is 17. The lowest BCUT2D eigenvalue weighted by Crippen LogP contribution is -2.14. The summed E-state index contributed by atoms with van der Waals surface area (Å²) in [5.41, 5.74) is 22.6. The minimum Gasteiger partial charge on any atom is -0.456 e. The van der Waals surface area contributed by atoms with Crippen LogP contribution < -0.4 is 0 Å². The van der Waals surface area contributed by atoms with Gasteiger partial charge in [0.25, 0.3) is 0 Å². The van der Waals surface area contributed by atoms with E-state index in [2.05, 4.69) is 135 Å². The first-order chi connectivity index (χ1) is 62.2. The van der Waals surface area contributed by atoms with Crippen molar-refractivity contribution in [3.63, 3.8) is 0 Å². The first kappa shape index (κ1) is 46.6. The van der Waals surface area contributed by atoms with Gasteiger partial charge < -0.3 is 8.83 Å². The Balaban J connectivity index is 0.000000242. The van der Waals surface area contributed by atoms with Crippen LogP contribution in [0.1, 0.15) is 83.0 Å². The largest absolute Gasteiger partial charge is 0.456 e. The molecule has 0 bridgehead atoms. The Morgan fingerprint density at radius 3 is 1.36 bits per heavy atom. The molecule has 1 aliphatic rings. The van der Waals surface area contributed by atoms with Crippen LogP contribution in [0.2, 0.25) is 0 Å². The average Bonchev–Trinajstić information content (AvgIpc) is 1.52. The van der Waals surface area contributed by atoms with Crippen molar-refractivity contribution in [3.8, 4) is 100 Å². The van der Waals surface area contributed by atoms with E-state index >= 15 is 0 Å². The van der Waals surface area contributed by atoms with E-state index in [0.29, 0.717) is 44.5 Å². The monoisotopic (exact) mass is 1350 g/mol. The summed E-state index contributed by atoms with van der Waals surface area (Å²) in [5, 5.41) is 10.3. The molecule has 19 aromatic rings. The van der Waals surface area contributed by atoms with E-state index in [1.165, 1.54) is 44.5 Å². The molecule has 2 aromatic heterocycles. The molecule has 1 aliphatic carbocycles. The third kappa shape index (κ3) is 10.5. The van der Waals surface area contributed by atoms with Gasteiger partial charge in [-0.15, -0.1) is 0 Å². The highest BCUT2D eigenvalue weighted by Gasteiger charge is 2.35. The van der Waals surface area contributed by atoms with Gasteiger partial charge >= 0.3 is 0 Å². The molecule has 2 heteroatoms. The van der Waals surface area contributed by atoms with Gasteiger partial charge in [0.15, 0.2) is 0 Å². The Bertz CT molecular complexity index is 6950. The molecule has 17 aromatic carbocycles. The fraction of sp³-hybridized carbons (Fsp3) is 0.0600. The second kappa shape index (κ2) is 25.9. The first-order valence-electron chi connectivity index (χ1n) is 47.6.